The number of hydrogen-bond donors (Lipinski definition) is 0. The lowest BCUT2D eigenvalue weighted by Crippen LogP contribution is -2.08. The summed E-state index contributed by atoms with van der Waals surface area (Å²) in [5.41, 5.74) is 11.7. The van der Waals surface area contributed by atoms with Crippen LogP contribution in [-0.4, -0.2) is 24.1 Å². The third kappa shape index (κ3) is 5.21. The van der Waals surface area contributed by atoms with Crippen molar-refractivity contribution in [3.63, 3.8) is 0 Å². The molecule has 3 aromatic heterocycles. The summed E-state index contributed by atoms with van der Waals surface area (Å²) in [4.78, 5) is 15.9. The van der Waals surface area contributed by atoms with Crippen LogP contribution in [0.3, 0.4) is 0 Å². The fourth-order valence-electron chi connectivity index (χ4n) is 8.20. The zero-order valence-electron chi connectivity index (χ0n) is 30.3. The fraction of sp³-hybridized carbons (Fsp3) is 0. The summed E-state index contributed by atoms with van der Waals surface area (Å²) in [7, 11) is 0. The van der Waals surface area contributed by atoms with E-state index in [2.05, 4.69) is 191 Å². The Kier molecular flexibility index (Phi) is 7.42. The van der Waals surface area contributed by atoms with Crippen molar-refractivity contribution in [1.29, 1.82) is 0 Å². The van der Waals surface area contributed by atoms with E-state index >= 15 is 0 Å². The van der Waals surface area contributed by atoms with Gasteiger partial charge in [-0.15, -0.1) is 0 Å². The number of rotatable bonds is 6. The topological polar surface area (TPSA) is 48.5 Å². The first kappa shape index (κ1) is 31.9. The first-order valence-corrected chi connectivity index (χ1v) is 18.9. The minimum atomic E-state index is 0.567. The average molecular weight is 716 g/mol. The number of hydrogen-bond acceptors (Lipinski definition) is 3. The van der Waals surface area contributed by atoms with Gasteiger partial charge in [0.1, 0.15) is 0 Å². The normalized spacial score (nSPS) is 11.6. The van der Waals surface area contributed by atoms with E-state index in [4.69, 9.17) is 15.0 Å². The Labute approximate surface area is 323 Å². The molecular formula is C51H33N5. The molecule has 0 saturated heterocycles. The Morgan fingerprint density at radius 2 is 0.732 bits per heavy atom. The lowest BCUT2D eigenvalue weighted by molar-refractivity contribution is 0.952. The van der Waals surface area contributed by atoms with Gasteiger partial charge in [0.2, 0.25) is 5.95 Å². The van der Waals surface area contributed by atoms with Gasteiger partial charge in [0.25, 0.3) is 0 Å². The first-order chi connectivity index (χ1) is 27.8. The molecule has 11 rings (SSSR count). The van der Waals surface area contributed by atoms with E-state index in [0.29, 0.717) is 17.6 Å². The predicted octanol–water partition coefficient (Wildman–Crippen LogP) is 12.7. The molecule has 0 spiro atoms. The van der Waals surface area contributed by atoms with Gasteiger partial charge in [0, 0.05) is 32.7 Å². The Morgan fingerprint density at radius 3 is 1.34 bits per heavy atom. The van der Waals surface area contributed by atoms with Crippen molar-refractivity contribution >= 4 is 43.6 Å². The maximum Gasteiger partial charge on any atom is 0.238 e. The lowest BCUT2D eigenvalue weighted by Gasteiger charge is -2.17. The maximum absolute atomic E-state index is 5.42. The van der Waals surface area contributed by atoms with Crippen LogP contribution in [0.2, 0.25) is 0 Å². The van der Waals surface area contributed by atoms with Crippen LogP contribution in [-0.2, 0) is 0 Å². The molecule has 8 aromatic carbocycles. The average Bonchev–Trinajstić information content (AvgIpc) is 3.79. The molecule has 11 aromatic rings. The van der Waals surface area contributed by atoms with Gasteiger partial charge in [-0.2, -0.15) is 9.97 Å². The van der Waals surface area contributed by atoms with Crippen molar-refractivity contribution in [1.82, 2.24) is 24.1 Å². The van der Waals surface area contributed by atoms with Crippen LogP contribution in [0.1, 0.15) is 0 Å². The third-order valence-corrected chi connectivity index (χ3v) is 10.8. The highest BCUT2D eigenvalue weighted by Crippen LogP contribution is 2.40. The molecule has 0 amide bonds. The summed E-state index contributed by atoms with van der Waals surface area (Å²) in [6.07, 6.45) is 0. The highest BCUT2D eigenvalue weighted by molar-refractivity contribution is 6.11. The zero-order valence-corrected chi connectivity index (χ0v) is 30.3. The number of fused-ring (bicyclic) bond motifs is 6. The molecule has 5 nitrogen and oxygen atoms in total. The van der Waals surface area contributed by atoms with Crippen LogP contribution in [0.15, 0.2) is 200 Å². The minimum absolute atomic E-state index is 0.567. The van der Waals surface area contributed by atoms with Crippen molar-refractivity contribution in [3.8, 4) is 56.7 Å². The summed E-state index contributed by atoms with van der Waals surface area (Å²) in [5, 5.41) is 4.67. The highest BCUT2D eigenvalue weighted by atomic mass is 15.2. The molecule has 5 heteroatoms. The van der Waals surface area contributed by atoms with Crippen molar-refractivity contribution < 1.29 is 0 Å². The van der Waals surface area contributed by atoms with Gasteiger partial charge < -0.3 is 4.57 Å². The largest absolute Gasteiger partial charge is 0.309 e. The van der Waals surface area contributed by atoms with Crippen LogP contribution < -0.4 is 0 Å². The molecule has 0 saturated carbocycles. The Hall–Kier alpha value is -7.63. The van der Waals surface area contributed by atoms with Crippen molar-refractivity contribution in [2.75, 3.05) is 0 Å². The standard InChI is InChI=1S/C51H33N5/c1-4-16-34(17-5-1)37-28-30-47-42(32-37)41-24-12-13-25-44(41)55(47)48-31-29-38(35-18-6-2-7-19-35)33-43(48)50-52-49(36-20-8-3-9-21-36)53-51(54-50)56-45-26-14-10-22-39(45)40-23-11-15-27-46(40)56/h1-33H. The highest BCUT2D eigenvalue weighted by Gasteiger charge is 2.22. The van der Waals surface area contributed by atoms with Crippen LogP contribution in [0.5, 0.6) is 0 Å². The van der Waals surface area contributed by atoms with Crippen LogP contribution >= 0.6 is 0 Å². The van der Waals surface area contributed by atoms with Gasteiger partial charge in [-0.25, -0.2) is 4.98 Å². The number of aromatic nitrogens is 5. The molecular weight excluding hydrogens is 683 g/mol. The molecule has 56 heavy (non-hydrogen) atoms. The van der Waals surface area contributed by atoms with E-state index in [1.807, 2.05) is 18.2 Å². The van der Waals surface area contributed by atoms with Gasteiger partial charge in [-0.05, 0) is 64.7 Å². The minimum Gasteiger partial charge on any atom is -0.309 e. The van der Waals surface area contributed by atoms with Gasteiger partial charge in [0.15, 0.2) is 11.6 Å². The van der Waals surface area contributed by atoms with E-state index in [-0.39, 0.29) is 0 Å². The molecule has 0 N–H and O–H groups in total. The second kappa shape index (κ2) is 13.0. The fourth-order valence-corrected chi connectivity index (χ4v) is 8.20. The molecule has 0 aliphatic rings. The third-order valence-electron chi connectivity index (χ3n) is 10.8. The zero-order chi connectivity index (χ0) is 37.0. The Bertz CT molecular complexity index is 3180. The monoisotopic (exact) mass is 715 g/mol. The Morgan fingerprint density at radius 1 is 0.286 bits per heavy atom. The number of para-hydroxylation sites is 3. The molecule has 0 aliphatic carbocycles. The first-order valence-electron chi connectivity index (χ1n) is 18.9. The molecule has 0 bridgehead atoms. The lowest BCUT2D eigenvalue weighted by atomic mass is 10.0. The number of nitrogens with zero attached hydrogens (tertiary/aromatic N) is 5. The predicted molar refractivity (Wildman–Crippen MR) is 230 cm³/mol. The maximum atomic E-state index is 5.42. The van der Waals surface area contributed by atoms with Crippen molar-refractivity contribution in [3.05, 3.63) is 200 Å². The quantitative estimate of drug-likeness (QED) is 0.172. The molecule has 0 fully saturated rings. The smallest absolute Gasteiger partial charge is 0.238 e. The van der Waals surface area contributed by atoms with Gasteiger partial charge >= 0.3 is 0 Å². The van der Waals surface area contributed by atoms with E-state index in [9.17, 15) is 0 Å². The van der Waals surface area contributed by atoms with Crippen LogP contribution in [0.4, 0.5) is 0 Å². The molecule has 0 aliphatic heterocycles. The summed E-state index contributed by atoms with van der Waals surface area (Å²) in [6, 6.07) is 70.4. The number of benzene rings is 8. The summed E-state index contributed by atoms with van der Waals surface area (Å²) in [6.45, 7) is 0. The van der Waals surface area contributed by atoms with Gasteiger partial charge in [0.05, 0.1) is 27.8 Å². The molecule has 3 heterocycles. The second-order valence-electron chi connectivity index (χ2n) is 14.1. The van der Waals surface area contributed by atoms with E-state index in [1.54, 1.807) is 0 Å². The Balaban J connectivity index is 1.22. The molecule has 0 radical (unpaired) electrons. The van der Waals surface area contributed by atoms with Crippen LogP contribution in [0, 0.1) is 0 Å². The summed E-state index contributed by atoms with van der Waals surface area (Å²) in [5.74, 6) is 1.77. The van der Waals surface area contributed by atoms with E-state index in [1.165, 1.54) is 21.9 Å². The van der Waals surface area contributed by atoms with Crippen molar-refractivity contribution in [2.24, 2.45) is 0 Å². The van der Waals surface area contributed by atoms with Gasteiger partial charge in [-0.1, -0.05) is 158 Å². The van der Waals surface area contributed by atoms with Gasteiger partial charge in [-0.3, -0.25) is 4.57 Å². The second-order valence-corrected chi connectivity index (χ2v) is 14.1. The molecule has 0 atom stereocenters. The van der Waals surface area contributed by atoms with Crippen molar-refractivity contribution in [2.45, 2.75) is 0 Å². The SMILES string of the molecule is c1ccc(-c2ccc(-n3c4ccccc4c4cc(-c5ccccc5)ccc43)c(-c3nc(-c4ccccc4)nc(-n4c5ccccc5c5ccccc54)n3)c2)cc1. The summed E-state index contributed by atoms with van der Waals surface area (Å²) < 4.78 is 4.55. The summed E-state index contributed by atoms with van der Waals surface area (Å²) >= 11 is 0. The van der Waals surface area contributed by atoms with E-state index in [0.717, 1.165) is 60.8 Å². The van der Waals surface area contributed by atoms with E-state index < -0.39 is 0 Å². The molecule has 0 unspecified atom stereocenters. The molecule has 262 valence electrons. The van der Waals surface area contributed by atoms with Crippen LogP contribution in [0.25, 0.3) is 100 Å².